The Labute approximate surface area is 194 Å². The van der Waals surface area contributed by atoms with Gasteiger partial charge in [0, 0.05) is 17.6 Å². The van der Waals surface area contributed by atoms with Gasteiger partial charge in [-0.1, -0.05) is 18.9 Å². The van der Waals surface area contributed by atoms with E-state index >= 15 is 0 Å². The first-order valence-electron chi connectivity index (χ1n) is 9.81. The van der Waals surface area contributed by atoms with E-state index in [-0.39, 0.29) is 23.1 Å². The molecule has 0 aliphatic carbocycles. The van der Waals surface area contributed by atoms with Crippen LogP contribution in [0.15, 0.2) is 53.6 Å². The quantitative estimate of drug-likeness (QED) is 0.404. The molecule has 178 valence electrons. The molecule has 0 unspecified atom stereocenters. The summed E-state index contributed by atoms with van der Waals surface area (Å²) in [6.45, 7) is 1.82. The summed E-state index contributed by atoms with van der Waals surface area (Å²) in [6, 6.07) is 10.5. The highest BCUT2D eigenvalue weighted by Gasteiger charge is 2.35. The number of sulfonamides is 1. The number of hydrogen-bond donors (Lipinski definition) is 3. The first kappa shape index (κ1) is 24.8. The molecule has 0 bridgehead atoms. The van der Waals surface area contributed by atoms with Gasteiger partial charge in [0.15, 0.2) is 0 Å². The van der Waals surface area contributed by atoms with Crippen LogP contribution in [0, 0.1) is 12.3 Å². The van der Waals surface area contributed by atoms with Crippen LogP contribution in [0.25, 0.3) is 0 Å². The Balaban J connectivity index is 1.93. The summed E-state index contributed by atoms with van der Waals surface area (Å²) in [6.07, 6.45) is 1.46. The number of ether oxygens (including phenoxy) is 1. The van der Waals surface area contributed by atoms with E-state index in [0.717, 1.165) is 0 Å². The lowest BCUT2D eigenvalue weighted by atomic mass is 10.1. The fourth-order valence-electron chi connectivity index (χ4n) is 2.96. The van der Waals surface area contributed by atoms with Gasteiger partial charge in [0.25, 0.3) is 0 Å². The van der Waals surface area contributed by atoms with Gasteiger partial charge in [0.2, 0.25) is 16.0 Å². The molecule has 0 fully saturated rings. The van der Waals surface area contributed by atoms with Gasteiger partial charge in [-0.15, -0.1) is 6.42 Å². The monoisotopic (exact) mass is 491 g/mol. The number of nitrogens with zero attached hydrogens (tertiary/aromatic N) is 2. The number of alkyl halides is 3. The second kappa shape index (κ2) is 9.98. The van der Waals surface area contributed by atoms with Gasteiger partial charge in [-0.2, -0.15) is 18.2 Å². The van der Waals surface area contributed by atoms with Crippen molar-refractivity contribution in [3.63, 3.8) is 0 Å². The van der Waals surface area contributed by atoms with Crippen LogP contribution < -0.4 is 20.5 Å². The first-order chi connectivity index (χ1) is 16.0. The third kappa shape index (κ3) is 6.15. The third-order valence-corrected chi connectivity index (χ3v) is 5.54. The fraction of sp³-hybridized carbons (Fsp3) is 0.182. The van der Waals surface area contributed by atoms with E-state index in [9.17, 15) is 21.6 Å². The van der Waals surface area contributed by atoms with Crippen molar-refractivity contribution in [2.75, 3.05) is 17.2 Å². The highest BCUT2D eigenvalue weighted by atomic mass is 32.2. The maximum Gasteiger partial charge on any atom is 0.421 e. The molecule has 12 heteroatoms. The lowest BCUT2D eigenvalue weighted by Crippen LogP contribution is -2.15. The Kier molecular flexibility index (Phi) is 7.29. The summed E-state index contributed by atoms with van der Waals surface area (Å²) in [4.78, 5) is 7.57. The summed E-state index contributed by atoms with van der Waals surface area (Å²) in [5, 5.41) is 10.6. The molecule has 0 saturated heterocycles. The SMILES string of the molecule is C#CCOc1ccc(Nc2nc(Nc3ccc(CC)c(S(N)(=O)=O)c3)ncc2C(F)(F)F)cc1. The Bertz CT molecular complexity index is 1320. The van der Waals surface area contributed by atoms with E-state index in [1.807, 2.05) is 0 Å². The van der Waals surface area contributed by atoms with Gasteiger partial charge >= 0.3 is 6.18 Å². The fourth-order valence-corrected chi connectivity index (χ4v) is 3.83. The summed E-state index contributed by atoms with van der Waals surface area (Å²) in [5.41, 5.74) is -0.0374. The third-order valence-electron chi connectivity index (χ3n) is 4.54. The second-order valence-corrected chi connectivity index (χ2v) is 8.47. The van der Waals surface area contributed by atoms with Crippen LogP contribution >= 0.6 is 0 Å². The molecule has 0 spiro atoms. The molecule has 8 nitrogen and oxygen atoms in total. The summed E-state index contributed by atoms with van der Waals surface area (Å²) in [7, 11) is -4.01. The molecule has 1 aromatic heterocycles. The molecule has 2 aromatic carbocycles. The second-order valence-electron chi connectivity index (χ2n) is 6.94. The number of hydrogen-bond acceptors (Lipinski definition) is 7. The smallest absolute Gasteiger partial charge is 0.421 e. The van der Waals surface area contributed by atoms with E-state index in [2.05, 4.69) is 26.5 Å². The molecular weight excluding hydrogens is 471 g/mol. The number of benzene rings is 2. The van der Waals surface area contributed by atoms with Crippen LogP contribution in [-0.4, -0.2) is 25.0 Å². The summed E-state index contributed by atoms with van der Waals surface area (Å²) < 4.78 is 69.6. The van der Waals surface area contributed by atoms with Crippen molar-refractivity contribution in [3.05, 3.63) is 59.8 Å². The van der Waals surface area contributed by atoms with Crippen molar-refractivity contribution in [2.24, 2.45) is 5.14 Å². The van der Waals surface area contributed by atoms with Crippen LogP contribution in [-0.2, 0) is 22.6 Å². The lowest BCUT2D eigenvalue weighted by Gasteiger charge is -2.15. The van der Waals surface area contributed by atoms with Crippen LogP contribution in [0.1, 0.15) is 18.1 Å². The standard InChI is InChI=1S/C22H20F3N5O3S/c1-3-11-33-17-9-7-15(8-10-17)28-20-18(22(23,24)25)13-27-21(30-20)29-16-6-5-14(4-2)19(12-16)34(26,31)32/h1,5-10,12-13H,4,11H2,2H3,(H2,26,31,32)(H2,27,28,29,30). The molecule has 4 N–H and O–H groups in total. The molecule has 0 aliphatic rings. The van der Waals surface area contributed by atoms with E-state index in [4.69, 9.17) is 16.3 Å². The minimum absolute atomic E-state index is 0.0539. The van der Waals surface area contributed by atoms with Gasteiger partial charge in [-0.25, -0.2) is 18.5 Å². The molecule has 0 amide bonds. The molecule has 3 aromatic rings. The zero-order valence-electron chi connectivity index (χ0n) is 17.8. The predicted octanol–water partition coefficient (Wildman–Crippen LogP) is 4.20. The number of halogens is 3. The minimum Gasteiger partial charge on any atom is -0.481 e. The number of nitrogens with one attached hydrogen (secondary N) is 2. The van der Waals surface area contributed by atoms with Crippen LogP contribution in [0.2, 0.25) is 0 Å². The first-order valence-corrected chi connectivity index (χ1v) is 11.4. The molecule has 34 heavy (non-hydrogen) atoms. The molecule has 0 radical (unpaired) electrons. The minimum atomic E-state index is -4.72. The number of terminal acetylenes is 1. The molecule has 1 heterocycles. The van der Waals surface area contributed by atoms with Gasteiger partial charge < -0.3 is 15.4 Å². The van der Waals surface area contributed by atoms with Crippen molar-refractivity contribution in [1.82, 2.24) is 9.97 Å². The Morgan fingerprint density at radius 1 is 1.12 bits per heavy atom. The van der Waals surface area contributed by atoms with E-state index in [1.165, 1.54) is 30.3 Å². The van der Waals surface area contributed by atoms with Gasteiger partial charge in [0.1, 0.15) is 23.7 Å². The number of aromatic nitrogens is 2. The molecule has 3 rings (SSSR count). The Hall–Kier alpha value is -3.82. The van der Waals surface area contributed by atoms with E-state index in [1.54, 1.807) is 19.1 Å². The number of aryl methyl sites for hydroxylation is 1. The van der Waals surface area contributed by atoms with Gasteiger partial charge in [-0.3, -0.25) is 0 Å². The highest BCUT2D eigenvalue weighted by Crippen LogP contribution is 2.35. The van der Waals surface area contributed by atoms with Gasteiger partial charge in [0.05, 0.1) is 4.90 Å². The van der Waals surface area contributed by atoms with Crippen LogP contribution in [0.4, 0.5) is 36.3 Å². The maximum absolute atomic E-state index is 13.5. The molecule has 0 atom stereocenters. The van der Waals surface area contributed by atoms with Crippen molar-refractivity contribution in [1.29, 1.82) is 0 Å². The van der Waals surface area contributed by atoms with Crippen molar-refractivity contribution in [2.45, 2.75) is 24.4 Å². The molecule has 0 aliphatic heterocycles. The van der Waals surface area contributed by atoms with Crippen LogP contribution in [0.3, 0.4) is 0 Å². The average Bonchev–Trinajstić information content (AvgIpc) is 2.77. The van der Waals surface area contributed by atoms with E-state index in [0.29, 0.717) is 29.6 Å². The largest absolute Gasteiger partial charge is 0.481 e. The number of primary sulfonamides is 1. The highest BCUT2D eigenvalue weighted by molar-refractivity contribution is 7.89. The predicted molar refractivity (Wildman–Crippen MR) is 122 cm³/mol. The topological polar surface area (TPSA) is 119 Å². The number of rotatable bonds is 8. The zero-order valence-corrected chi connectivity index (χ0v) is 18.7. The maximum atomic E-state index is 13.5. The van der Waals surface area contributed by atoms with Crippen LogP contribution in [0.5, 0.6) is 5.75 Å². The molecule has 0 saturated carbocycles. The number of anilines is 4. The normalized spacial score (nSPS) is 11.5. The Morgan fingerprint density at radius 3 is 2.38 bits per heavy atom. The Morgan fingerprint density at radius 2 is 1.79 bits per heavy atom. The van der Waals surface area contributed by atoms with E-state index < -0.39 is 27.6 Å². The summed E-state index contributed by atoms with van der Waals surface area (Å²) >= 11 is 0. The average molecular weight is 491 g/mol. The lowest BCUT2D eigenvalue weighted by molar-refractivity contribution is -0.137. The summed E-state index contributed by atoms with van der Waals surface area (Å²) in [5.74, 6) is 2.07. The number of nitrogens with two attached hydrogens (primary N) is 1. The van der Waals surface area contributed by atoms with Crippen molar-refractivity contribution < 1.29 is 26.3 Å². The van der Waals surface area contributed by atoms with Gasteiger partial charge in [-0.05, 0) is 48.4 Å². The molecular formula is C22H20F3N5O3S. The van der Waals surface area contributed by atoms with Crippen molar-refractivity contribution >= 4 is 33.2 Å². The van der Waals surface area contributed by atoms with Crippen molar-refractivity contribution in [3.8, 4) is 18.1 Å². The zero-order chi connectivity index (χ0) is 24.9.